The molecule has 1 aromatic carbocycles. The lowest BCUT2D eigenvalue weighted by Crippen LogP contribution is -2.23. The minimum atomic E-state index is -5.91. The first-order chi connectivity index (χ1) is 8.22. The van der Waals surface area contributed by atoms with Crippen LogP contribution in [-0.4, -0.2) is 8.42 Å². The Morgan fingerprint density at radius 1 is 1.28 bits per heavy atom. The first kappa shape index (κ1) is 15.1. The van der Waals surface area contributed by atoms with E-state index >= 15 is 0 Å². The highest BCUT2D eigenvalue weighted by molar-refractivity contribution is 7.90. The van der Waals surface area contributed by atoms with Crippen molar-refractivity contribution in [1.82, 2.24) is 4.49 Å². The topological polar surface area (TPSA) is 72.5 Å². The molecule has 0 heterocycles. The smallest absolute Gasteiger partial charge is 0.371 e. The Kier molecular flexibility index (Phi) is 4.84. The van der Waals surface area contributed by atoms with E-state index in [0.717, 1.165) is 18.4 Å². The van der Waals surface area contributed by atoms with Crippen LogP contribution in [0.3, 0.4) is 0 Å². The second-order valence-electron chi connectivity index (χ2n) is 3.48. The van der Waals surface area contributed by atoms with Gasteiger partial charge in [0.1, 0.15) is 5.75 Å². The molecule has 0 atom stereocenters. The van der Waals surface area contributed by atoms with Gasteiger partial charge in [-0.1, -0.05) is 30.0 Å². The third-order valence-corrected chi connectivity index (χ3v) is 4.04. The van der Waals surface area contributed by atoms with Crippen LogP contribution in [0.15, 0.2) is 24.3 Å². The van der Waals surface area contributed by atoms with Crippen molar-refractivity contribution in [2.45, 2.75) is 19.8 Å². The number of aryl methyl sites for hydroxylation is 1. The summed E-state index contributed by atoms with van der Waals surface area (Å²) in [5.41, 5.74) is 0.969. The zero-order valence-corrected chi connectivity index (χ0v) is 11.2. The summed E-state index contributed by atoms with van der Waals surface area (Å²) in [6.45, 7) is 1.98. The molecule has 0 unspecified atom stereocenters. The van der Waals surface area contributed by atoms with E-state index in [0.29, 0.717) is 4.49 Å². The van der Waals surface area contributed by atoms with Gasteiger partial charge in [0.2, 0.25) is 0 Å². The Hall–Kier alpha value is -0.980. The zero-order valence-electron chi connectivity index (χ0n) is 9.47. The van der Waals surface area contributed by atoms with Crippen molar-refractivity contribution in [1.29, 1.82) is 0 Å². The molecule has 0 aliphatic heterocycles. The molecule has 0 aliphatic rings. The third-order valence-electron chi connectivity index (χ3n) is 1.89. The average Bonchev–Trinajstić information content (AvgIpc) is 2.17. The molecule has 1 aromatic rings. The van der Waals surface area contributed by atoms with Gasteiger partial charge in [-0.15, -0.1) is 8.39 Å². The Morgan fingerprint density at radius 3 is 2.28 bits per heavy atom. The van der Waals surface area contributed by atoms with E-state index < -0.39 is 18.2 Å². The van der Waals surface area contributed by atoms with Gasteiger partial charge in [0, 0.05) is 0 Å². The van der Waals surface area contributed by atoms with Gasteiger partial charge in [0.15, 0.2) is 0 Å². The summed E-state index contributed by atoms with van der Waals surface area (Å²) in [4.78, 5) is 0. The van der Waals surface area contributed by atoms with Crippen molar-refractivity contribution in [3.05, 3.63) is 29.8 Å². The lowest BCUT2D eigenvalue weighted by Gasteiger charge is -2.07. The van der Waals surface area contributed by atoms with E-state index in [1.54, 1.807) is 12.1 Å². The van der Waals surface area contributed by atoms with Gasteiger partial charge < -0.3 is 4.18 Å². The lowest BCUT2D eigenvalue weighted by atomic mass is 10.1. The molecule has 0 saturated carbocycles. The van der Waals surface area contributed by atoms with E-state index in [9.17, 15) is 21.4 Å². The molecule has 0 spiro atoms. The van der Waals surface area contributed by atoms with Crippen molar-refractivity contribution in [2.75, 3.05) is 0 Å². The highest BCUT2D eigenvalue weighted by Crippen LogP contribution is 2.45. The first-order valence-corrected chi connectivity index (χ1v) is 7.93. The maximum Gasteiger partial charge on any atom is 0.496 e. The SMILES string of the molecule is CCCc1ccc(OS(=O)(=O)NP(=O)(F)F)cc1. The molecule has 0 fully saturated rings. The molecular formula is C9H12F2NO4PS. The van der Waals surface area contributed by atoms with Gasteiger partial charge >= 0.3 is 18.2 Å². The summed E-state index contributed by atoms with van der Waals surface area (Å²) in [6, 6.07) is 5.93. The molecule has 0 aromatic heterocycles. The second-order valence-corrected chi connectivity index (χ2v) is 6.21. The molecule has 18 heavy (non-hydrogen) atoms. The molecule has 5 nitrogen and oxygen atoms in total. The largest absolute Gasteiger partial charge is 0.496 e. The molecule has 0 bridgehead atoms. The molecule has 1 N–H and O–H groups in total. The summed E-state index contributed by atoms with van der Waals surface area (Å²) in [7, 11) is -10.7. The van der Waals surface area contributed by atoms with Crippen LogP contribution in [0.2, 0.25) is 0 Å². The summed E-state index contributed by atoms with van der Waals surface area (Å²) >= 11 is 0. The fourth-order valence-corrected chi connectivity index (χ4v) is 2.83. The van der Waals surface area contributed by atoms with E-state index in [1.807, 2.05) is 6.92 Å². The highest BCUT2D eigenvalue weighted by Gasteiger charge is 2.29. The van der Waals surface area contributed by atoms with Gasteiger partial charge in [-0.2, -0.15) is 8.42 Å². The number of rotatable bonds is 6. The Bertz CT molecular complexity index is 540. The summed E-state index contributed by atoms with van der Waals surface area (Å²) in [6.07, 6.45) is 1.74. The quantitative estimate of drug-likeness (QED) is 0.820. The van der Waals surface area contributed by atoms with Crippen molar-refractivity contribution in [3.8, 4) is 5.75 Å². The molecule has 0 saturated heterocycles. The highest BCUT2D eigenvalue weighted by atomic mass is 32.2. The first-order valence-electron chi connectivity index (χ1n) is 5.03. The predicted molar refractivity (Wildman–Crippen MR) is 62.9 cm³/mol. The fraction of sp³-hybridized carbons (Fsp3) is 0.333. The Morgan fingerprint density at radius 2 is 1.83 bits per heavy atom. The minimum absolute atomic E-state index is 0.129. The predicted octanol–water partition coefficient (Wildman–Crippen LogP) is 2.90. The van der Waals surface area contributed by atoms with E-state index in [2.05, 4.69) is 4.18 Å². The van der Waals surface area contributed by atoms with Crippen molar-refractivity contribution >= 4 is 18.2 Å². The average molecular weight is 299 g/mol. The van der Waals surface area contributed by atoms with Crippen LogP contribution >= 0.6 is 7.91 Å². The van der Waals surface area contributed by atoms with Crippen LogP contribution in [0.25, 0.3) is 0 Å². The van der Waals surface area contributed by atoms with Crippen LogP contribution < -0.4 is 8.68 Å². The maximum absolute atomic E-state index is 12.1. The van der Waals surface area contributed by atoms with Crippen LogP contribution in [0.1, 0.15) is 18.9 Å². The van der Waals surface area contributed by atoms with Crippen LogP contribution in [-0.2, 0) is 21.3 Å². The fourth-order valence-electron chi connectivity index (χ4n) is 1.28. The zero-order chi connectivity index (χ0) is 13.8. The van der Waals surface area contributed by atoms with Gasteiger partial charge in [0.25, 0.3) is 0 Å². The molecule has 0 radical (unpaired) electrons. The molecule has 102 valence electrons. The number of halogens is 2. The van der Waals surface area contributed by atoms with Crippen molar-refractivity contribution in [2.24, 2.45) is 0 Å². The van der Waals surface area contributed by atoms with E-state index in [4.69, 9.17) is 0 Å². The molecule has 0 amide bonds. The third kappa shape index (κ3) is 5.57. The summed E-state index contributed by atoms with van der Waals surface area (Å²) in [5, 5.41) is 0. The van der Waals surface area contributed by atoms with Gasteiger partial charge in [-0.05, 0) is 24.1 Å². The number of nitrogens with one attached hydrogen (secondary N) is 1. The Labute approximate surface area is 104 Å². The minimum Gasteiger partial charge on any atom is -0.371 e. The van der Waals surface area contributed by atoms with Crippen LogP contribution in [0.4, 0.5) is 8.39 Å². The molecule has 1 rings (SSSR count). The van der Waals surface area contributed by atoms with E-state index in [-0.39, 0.29) is 5.75 Å². The summed E-state index contributed by atoms with van der Waals surface area (Å²) in [5.74, 6) is -0.129. The second kappa shape index (κ2) is 5.77. The summed E-state index contributed by atoms with van der Waals surface area (Å²) < 4.78 is 61.3. The van der Waals surface area contributed by atoms with E-state index in [1.165, 1.54) is 12.1 Å². The number of hydrogen-bond acceptors (Lipinski definition) is 4. The normalized spacial score (nSPS) is 12.4. The van der Waals surface area contributed by atoms with Crippen LogP contribution in [0, 0.1) is 0 Å². The number of benzene rings is 1. The van der Waals surface area contributed by atoms with Gasteiger partial charge in [-0.25, -0.2) is 4.57 Å². The molecule has 9 heteroatoms. The van der Waals surface area contributed by atoms with Crippen molar-refractivity contribution < 1.29 is 25.6 Å². The molecular weight excluding hydrogens is 287 g/mol. The van der Waals surface area contributed by atoms with Gasteiger partial charge in [0.05, 0.1) is 0 Å². The number of hydrogen-bond donors (Lipinski definition) is 1. The maximum atomic E-state index is 12.1. The monoisotopic (exact) mass is 299 g/mol. The van der Waals surface area contributed by atoms with Crippen molar-refractivity contribution in [3.63, 3.8) is 0 Å². The lowest BCUT2D eigenvalue weighted by molar-refractivity contribution is 0.462. The van der Waals surface area contributed by atoms with Gasteiger partial charge in [-0.3, -0.25) is 0 Å². The standard InChI is InChI=1S/C9H12F2NO4PS/c1-2-3-8-4-6-9(7-5-8)16-18(14,15)12-17(10,11)13/h4-7H,2-3H2,1H3,(H,12,13). The van der Waals surface area contributed by atoms with Crippen LogP contribution in [0.5, 0.6) is 5.75 Å². The Balaban J connectivity index is 2.76. The molecule has 0 aliphatic carbocycles.